The predicted molar refractivity (Wildman–Crippen MR) is 70.4 cm³/mol. The largest absolute Gasteiger partial charge is 0.313 e. The molecule has 0 aromatic heterocycles. The Morgan fingerprint density at radius 2 is 1.94 bits per heavy atom. The lowest BCUT2D eigenvalue weighted by Crippen LogP contribution is -2.48. The Bertz CT molecular complexity index is 416. The van der Waals surface area contributed by atoms with Crippen LogP contribution in [0.3, 0.4) is 0 Å². The van der Waals surface area contributed by atoms with Gasteiger partial charge in [0, 0.05) is 32.2 Å². The van der Waals surface area contributed by atoms with Gasteiger partial charge in [0.1, 0.15) is 5.69 Å². The molecule has 1 heterocycles. The van der Waals surface area contributed by atoms with Crippen LogP contribution >= 0.6 is 0 Å². The zero-order chi connectivity index (χ0) is 13.0. The summed E-state index contributed by atoms with van der Waals surface area (Å²) in [7, 11) is 0. The number of likely N-dealkylation sites (N-methyl/N-ethyl adjacent to an activating group) is 1. The number of anilines is 1. The molecule has 6 nitrogen and oxygen atoms in total. The van der Waals surface area contributed by atoms with E-state index in [0.717, 1.165) is 32.7 Å². The van der Waals surface area contributed by atoms with E-state index in [0.29, 0.717) is 5.69 Å². The molecule has 0 amide bonds. The number of hydrogen-bond donors (Lipinski definition) is 1. The summed E-state index contributed by atoms with van der Waals surface area (Å²) in [5.74, 6) is 0. The first kappa shape index (κ1) is 12.8. The first-order valence-electron chi connectivity index (χ1n) is 6.18. The average molecular weight is 250 g/mol. The third-order valence-corrected chi connectivity index (χ3v) is 3.20. The number of nitro benzene ring substituents is 1. The predicted octanol–water partition coefficient (Wildman–Crippen LogP) is 1.56. The van der Waals surface area contributed by atoms with Crippen molar-refractivity contribution in [1.29, 1.82) is 0 Å². The zero-order valence-corrected chi connectivity index (χ0v) is 10.5. The summed E-state index contributed by atoms with van der Waals surface area (Å²) in [5.41, 5.74) is 3.82. The van der Waals surface area contributed by atoms with E-state index in [-0.39, 0.29) is 10.6 Å². The Balaban J connectivity index is 2.00. The minimum atomic E-state index is -0.357. The Morgan fingerprint density at radius 1 is 1.28 bits per heavy atom. The van der Waals surface area contributed by atoms with Crippen LogP contribution in [0, 0.1) is 10.1 Å². The third-order valence-electron chi connectivity index (χ3n) is 3.20. The van der Waals surface area contributed by atoms with Crippen LogP contribution in [0.1, 0.15) is 6.92 Å². The fourth-order valence-corrected chi connectivity index (χ4v) is 2.07. The molecule has 1 aromatic carbocycles. The minimum absolute atomic E-state index is 0.121. The molecule has 1 aliphatic rings. The van der Waals surface area contributed by atoms with Crippen LogP contribution in [-0.4, -0.2) is 47.6 Å². The molecule has 0 bridgehead atoms. The Labute approximate surface area is 106 Å². The highest BCUT2D eigenvalue weighted by Gasteiger charge is 2.18. The number of nitrogens with one attached hydrogen (secondary N) is 1. The van der Waals surface area contributed by atoms with E-state index in [1.54, 1.807) is 18.2 Å². The Kier molecular flexibility index (Phi) is 4.11. The second kappa shape index (κ2) is 5.79. The van der Waals surface area contributed by atoms with Gasteiger partial charge >= 0.3 is 0 Å². The van der Waals surface area contributed by atoms with E-state index in [1.807, 2.05) is 5.01 Å². The van der Waals surface area contributed by atoms with Crippen molar-refractivity contribution in [3.05, 3.63) is 34.4 Å². The number of hydrazine groups is 1. The number of nitrogens with zero attached hydrogens (tertiary/aromatic N) is 3. The number of nitro groups is 1. The quantitative estimate of drug-likeness (QED) is 0.649. The number of benzene rings is 1. The van der Waals surface area contributed by atoms with Gasteiger partial charge in [0.05, 0.1) is 4.92 Å². The summed E-state index contributed by atoms with van der Waals surface area (Å²) in [6, 6.07) is 6.74. The fraction of sp³-hybridized carbons (Fsp3) is 0.500. The lowest BCUT2D eigenvalue weighted by Gasteiger charge is -2.34. The van der Waals surface area contributed by atoms with Gasteiger partial charge in [-0.3, -0.25) is 10.1 Å². The third kappa shape index (κ3) is 2.96. The molecule has 0 atom stereocenters. The van der Waals surface area contributed by atoms with Gasteiger partial charge in [0.15, 0.2) is 0 Å². The number of para-hydroxylation sites is 2. The van der Waals surface area contributed by atoms with Gasteiger partial charge in [-0.2, -0.15) is 0 Å². The van der Waals surface area contributed by atoms with Gasteiger partial charge in [-0.25, -0.2) is 5.01 Å². The molecule has 2 rings (SSSR count). The first-order valence-corrected chi connectivity index (χ1v) is 6.18. The molecule has 1 N–H and O–H groups in total. The Hall–Kier alpha value is -1.66. The van der Waals surface area contributed by atoms with Gasteiger partial charge in [0.25, 0.3) is 5.69 Å². The molecule has 0 aliphatic carbocycles. The maximum atomic E-state index is 10.9. The van der Waals surface area contributed by atoms with Crippen molar-refractivity contribution in [2.24, 2.45) is 0 Å². The second-order valence-corrected chi connectivity index (χ2v) is 4.31. The van der Waals surface area contributed by atoms with Gasteiger partial charge in [-0.05, 0) is 12.6 Å². The van der Waals surface area contributed by atoms with Crippen LogP contribution in [-0.2, 0) is 0 Å². The molecule has 1 fully saturated rings. The monoisotopic (exact) mass is 250 g/mol. The van der Waals surface area contributed by atoms with Crippen molar-refractivity contribution in [2.75, 3.05) is 38.1 Å². The standard InChI is InChI=1S/C12H18N4O2/c1-2-14-7-9-15(10-8-14)13-11-5-3-4-6-12(11)16(17)18/h3-6,13H,2,7-10H2,1H3. The molecular weight excluding hydrogens is 232 g/mol. The van der Waals surface area contributed by atoms with E-state index in [9.17, 15) is 10.1 Å². The highest BCUT2D eigenvalue weighted by atomic mass is 16.6. The van der Waals surface area contributed by atoms with Crippen LogP contribution in [0.15, 0.2) is 24.3 Å². The zero-order valence-electron chi connectivity index (χ0n) is 10.5. The van der Waals surface area contributed by atoms with Crippen LogP contribution < -0.4 is 5.43 Å². The normalized spacial score (nSPS) is 17.6. The molecular formula is C12H18N4O2. The van der Waals surface area contributed by atoms with E-state index in [4.69, 9.17) is 0 Å². The first-order chi connectivity index (χ1) is 8.70. The van der Waals surface area contributed by atoms with Crippen molar-refractivity contribution in [3.63, 3.8) is 0 Å². The summed E-state index contributed by atoms with van der Waals surface area (Å²) in [5, 5.41) is 12.9. The summed E-state index contributed by atoms with van der Waals surface area (Å²) in [6.45, 7) is 6.93. The van der Waals surface area contributed by atoms with Crippen LogP contribution in [0.5, 0.6) is 0 Å². The number of rotatable bonds is 4. The van der Waals surface area contributed by atoms with E-state index in [1.165, 1.54) is 6.07 Å². The highest BCUT2D eigenvalue weighted by Crippen LogP contribution is 2.23. The topological polar surface area (TPSA) is 61.6 Å². The molecule has 98 valence electrons. The number of hydrogen-bond acceptors (Lipinski definition) is 5. The summed E-state index contributed by atoms with van der Waals surface area (Å²) < 4.78 is 0. The van der Waals surface area contributed by atoms with Crippen molar-refractivity contribution in [3.8, 4) is 0 Å². The Morgan fingerprint density at radius 3 is 2.56 bits per heavy atom. The van der Waals surface area contributed by atoms with Gasteiger partial charge in [0.2, 0.25) is 0 Å². The van der Waals surface area contributed by atoms with Crippen molar-refractivity contribution >= 4 is 11.4 Å². The maximum Gasteiger partial charge on any atom is 0.293 e. The SMILES string of the molecule is CCN1CCN(Nc2ccccc2[N+](=O)[O-])CC1. The lowest BCUT2D eigenvalue weighted by molar-refractivity contribution is -0.384. The van der Waals surface area contributed by atoms with Crippen LogP contribution in [0.4, 0.5) is 11.4 Å². The van der Waals surface area contributed by atoms with Gasteiger partial charge in [-0.1, -0.05) is 19.1 Å². The molecule has 0 unspecified atom stereocenters. The molecule has 1 saturated heterocycles. The fourth-order valence-electron chi connectivity index (χ4n) is 2.07. The summed E-state index contributed by atoms with van der Waals surface area (Å²) >= 11 is 0. The summed E-state index contributed by atoms with van der Waals surface area (Å²) in [4.78, 5) is 12.9. The van der Waals surface area contributed by atoms with Crippen LogP contribution in [0.2, 0.25) is 0 Å². The van der Waals surface area contributed by atoms with Crippen molar-refractivity contribution in [2.45, 2.75) is 6.92 Å². The summed E-state index contributed by atoms with van der Waals surface area (Å²) in [6.07, 6.45) is 0. The highest BCUT2D eigenvalue weighted by molar-refractivity contribution is 5.60. The van der Waals surface area contributed by atoms with E-state index in [2.05, 4.69) is 17.2 Å². The van der Waals surface area contributed by atoms with Crippen molar-refractivity contribution in [1.82, 2.24) is 9.91 Å². The van der Waals surface area contributed by atoms with Crippen molar-refractivity contribution < 1.29 is 4.92 Å². The second-order valence-electron chi connectivity index (χ2n) is 4.31. The van der Waals surface area contributed by atoms with E-state index < -0.39 is 0 Å². The molecule has 0 spiro atoms. The molecule has 6 heteroatoms. The number of piperazine rings is 1. The minimum Gasteiger partial charge on any atom is -0.313 e. The molecule has 0 saturated carbocycles. The van der Waals surface area contributed by atoms with E-state index >= 15 is 0 Å². The molecule has 1 aromatic rings. The molecule has 1 aliphatic heterocycles. The smallest absolute Gasteiger partial charge is 0.293 e. The molecule has 18 heavy (non-hydrogen) atoms. The van der Waals surface area contributed by atoms with Gasteiger partial charge < -0.3 is 10.3 Å². The van der Waals surface area contributed by atoms with Gasteiger partial charge in [-0.15, -0.1) is 0 Å². The maximum absolute atomic E-state index is 10.9. The molecule has 0 radical (unpaired) electrons. The van der Waals surface area contributed by atoms with Crippen LogP contribution in [0.25, 0.3) is 0 Å². The lowest BCUT2D eigenvalue weighted by atomic mass is 10.3. The average Bonchev–Trinajstić information content (AvgIpc) is 2.40.